The number of rotatable bonds is 5. The predicted octanol–water partition coefficient (Wildman–Crippen LogP) is 9.80. The molecule has 0 amide bonds. The second-order valence-electron chi connectivity index (χ2n) is 12.5. The Morgan fingerprint density at radius 2 is 1.33 bits per heavy atom. The van der Waals surface area contributed by atoms with E-state index in [1.54, 1.807) is 10.9 Å². The van der Waals surface area contributed by atoms with Gasteiger partial charge in [0.2, 0.25) is 0 Å². The van der Waals surface area contributed by atoms with Crippen LogP contribution >= 0.6 is 0 Å². The Labute approximate surface area is 294 Å². The zero-order chi connectivity index (χ0) is 32.4. The number of benzene rings is 4. The molecule has 0 aliphatic rings. The molecule has 0 aliphatic heterocycles. The molecule has 0 radical (unpaired) electrons. The summed E-state index contributed by atoms with van der Waals surface area (Å²) in [5, 5.41) is 7.24. The molecule has 0 saturated heterocycles. The molecule has 8 rings (SSSR count). The van der Waals surface area contributed by atoms with Crippen molar-refractivity contribution in [2.45, 2.75) is 41.5 Å². The summed E-state index contributed by atoms with van der Waals surface area (Å²) in [5.74, 6) is 1.15. The number of ether oxygens (including phenoxy) is 1. The fraction of sp³-hybridized carbons (Fsp3) is 0.146. The van der Waals surface area contributed by atoms with Crippen molar-refractivity contribution in [1.29, 1.82) is 0 Å². The van der Waals surface area contributed by atoms with Gasteiger partial charge in [0.15, 0.2) is 0 Å². The summed E-state index contributed by atoms with van der Waals surface area (Å²) < 4.78 is 10.4. The average Bonchev–Trinajstić information content (AvgIpc) is 3.70. The van der Waals surface area contributed by atoms with E-state index < -0.39 is 0 Å². The molecule has 0 N–H and O–H groups in total. The van der Waals surface area contributed by atoms with Crippen LogP contribution in [0.1, 0.15) is 33.4 Å². The quantitative estimate of drug-likeness (QED) is 0.129. The van der Waals surface area contributed by atoms with Crippen LogP contribution in [0.5, 0.6) is 11.5 Å². The van der Waals surface area contributed by atoms with E-state index in [1.807, 2.05) is 48.8 Å². The standard InChI is InChI=1S/C41H33N5O.Pt/c1-24-18-26(3)36(27(4)19-24)38-39(37-28(5)20-25(2)21-29(37)6)46-40-34(12-8-15-42-40)33-14-13-32(23-35(33)41(46)44-38)47-31-11-7-10-30(22-31)45-17-9-16-43-45;/h7-21H,1-6H3;/q-2;+2. The Kier molecular flexibility index (Phi) is 8.01. The Hall–Kier alpha value is -5.06. The van der Waals surface area contributed by atoms with Gasteiger partial charge in [0, 0.05) is 41.2 Å². The van der Waals surface area contributed by atoms with Crippen molar-refractivity contribution < 1.29 is 25.8 Å². The minimum absolute atomic E-state index is 0. The maximum absolute atomic E-state index is 6.39. The van der Waals surface area contributed by atoms with Crippen molar-refractivity contribution in [1.82, 2.24) is 24.1 Å². The first-order valence-corrected chi connectivity index (χ1v) is 15.8. The summed E-state index contributed by atoms with van der Waals surface area (Å²) in [7, 11) is 0. The molecule has 0 bridgehead atoms. The van der Waals surface area contributed by atoms with E-state index in [0.29, 0.717) is 11.5 Å². The Morgan fingerprint density at radius 1 is 0.646 bits per heavy atom. The van der Waals surface area contributed by atoms with Gasteiger partial charge in [0.25, 0.3) is 0 Å². The topological polar surface area (TPSA) is 57.2 Å². The largest absolute Gasteiger partial charge is 2.00 e. The summed E-state index contributed by atoms with van der Waals surface area (Å²) in [6.07, 6.45) is 5.49. The molecule has 0 spiro atoms. The van der Waals surface area contributed by atoms with E-state index in [0.717, 1.165) is 50.1 Å². The number of aromatic nitrogens is 5. The van der Waals surface area contributed by atoms with Crippen molar-refractivity contribution >= 4 is 27.5 Å². The summed E-state index contributed by atoms with van der Waals surface area (Å²) in [4.78, 5) is 10.5. The summed E-state index contributed by atoms with van der Waals surface area (Å²) in [6.45, 7) is 13.0. The first-order valence-electron chi connectivity index (χ1n) is 15.8. The number of nitrogens with zero attached hydrogens (tertiary/aromatic N) is 5. The molecule has 4 aromatic heterocycles. The number of hydrogen-bond acceptors (Lipinski definition) is 4. The van der Waals surface area contributed by atoms with Crippen LogP contribution in [0.4, 0.5) is 0 Å². The minimum atomic E-state index is 0. The van der Waals surface area contributed by atoms with E-state index in [-0.39, 0.29) is 21.1 Å². The molecular formula is C41H33N5OPt. The normalized spacial score (nSPS) is 11.4. The van der Waals surface area contributed by atoms with Gasteiger partial charge in [-0.3, -0.25) is 9.67 Å². The van der Waals surface area contributed by atoms with Gasteiger partial charge in [0.1, 0.15) is 5.65 Å². The van der Waals surface area contributed by atoms with Crippen molar-refractivity contribution in [2.24, 2.45) is 0 Å². The number of hydrogen-bond donors (Lipinski definition) is 0. The van der Waals surface area contributed by atoms with Crippen LogP contribution < -0.4 is 4.74 Å². The van der Waals surface area contributed by atoms with Gasteiger partial charge < -0.3 is 9.14 Å². The van der Waals surface area contributed by atoms with E-state index in [1.165, 1.54) is 38.9 Å². The van der Waals surface area contributed by atoms with Crippen LogP contribution in [0, 0.1) is 53.7 Å². The molecule has 0 aliphatic carbocycles. The van der Waals surface area contributed by atoms with Crippen LogP contribution in [0.3, 0.4) is 0 Å². The predicted molar refractivity (Wildman–Crippen MR) is 189 cm³/mol. The van der Waals surface area contributed by atoms with Crippen LogP contribution in [0.15, 0.2) is 91.4 Å². The first-order chi connectivity index (χ1) is 22.8. The molecule has 0 fully saturated rings. The molecule has 0 atom stereocenters. The molecule has 7 heteroatoms. The van der Waals surface area contributed by atoms with Gasteiger partial charge >= 0.3 is 21.1 Å². The number of pyridine rings is 2. The third-order valence-corrected chi connectivity index (χ3v) is 8.86. The maximum Gasteiger partial charge on any atom is 2.00 e. The van der Waals surface area contributed by atoms with E-state index >= 15 is 0 Å². The van der Waals surface area contributed by atoms with Crippen molar-refractivity contribution in [3.63, 3.8) is 0 Å². The second kappa shape index (κ2) is 12.2. The van der Waals surface area contributed by atoms with Crippen LogP contribution in [0.2, 0.25) is 0 Å². The fourth-order valence-corrected chi connectivity index (χ4v) is 7.19. The molecule has 0 saturated carbocycles. The van der Waals surface area contributed by atoms with E-state index in [2.05, 4.69) is 99.6 Å². The zero-order valence-electron chi connectivity index (χ0n) is 27.6. The molecule has 0 unspecified atom stereocenters. The number of fused-ring (bicyclic) bond motifs is 6. The molecule has 8 aromatic rings. The summed E-state index contributed by atoms with van der Waals surface area (Å²) in [5.41, 5.74) is 14.0. The second-order valence-corrected chi connectivity index (χ2v) is 12.5. The first kappa shape index (κ1) is 31.5. The van der Waals surface area contributed by atoms with Gasteiger partial charge in [-0.05, 0) is 87.0 Å². The number of aryl methyl sites for hydroxylation is 6. The Bertz CT molecular complexity index is 2470. The monoisotopic (exact) mass is 806 g/mol. The summed E-state index contributed by atoms with van der Waals surface area (Å²) >= 11 is 0. The Balaban J connectivity index is 0.00000364. The van der Waals surface area contributed by atoms with E-state index in [9.17, 15) is 0 Å². The molecule has 4 heterocycles. The van der Waals surface area contributed by atoms with Gasteiger partial charge in [-0.1, -0.05) is 58.3 Å². The van der Waals surface area contributed by atoms with Gasteiger partial charge in [-0.2, -0.15) is 11.2 Å². The van der Waals surface area contributed by atoms with Crippen molar-refractivity contribution in [3.05, 3.63) is 137 Å². The third kappa shape index (κ3) is 5.21. The van der Waals surface area contributed by atoms with Crippen molar-refractivity contribution in [3.8, 4) is 39.7 Å². The summed E-state index contributed by atoms with van der Waals surface area (Å²) in [6, 6.07) is 31.7. The van der Waals surface area contributed by atoms with Crippen LogP contribution in [-0.4, -0.2) is 24.1 Å². The van der Waals surface area contributed by atoms with Crippen LogP contribution in [-0.2, 0) is 21.1 Å². The molecule has 6 nitrogen and oxygen atoms in total. The van der Waals surface area contributed by atoms with E-state index in [4.69, 9.17) is 14.7 Å². The molecular weight excluding hydrogens is 774 g/mol. The fourth-order valence-electron chi connectivity index (χ4n) is 7.19. The van der Waals surface area contributed by atoms with Gasteiger partial charge in [0.05, 0.1) is 17.0 Å². The van der Waals surface area contributed by atoms with Gasteiger partial charge in [-0.15, -0.1) is 30.3 Å². The molecule has 238 valence electrons. The SMILES string of the molecule is Cc1cc(C)c(-c2nc3c4[c-]c(Oc5[c-]c(-n6cccn6)ccc5)ccc4c4cccnc4n3c2-c2c(C)cc(C)cc2C)c(C)c1.[Pt+2]. The molecule has 4 aromatic carbocycles. The zero-order valence-corrected chi connectivity index (χ0v) is 29.9. The Morgan fingerprint density at radius 3 is 2.02 bits per heavy atom. The van der Waals surface area contributed by atoms with Crippen LogP contribution in [0.25, 0.3) is 55.7 Å². The third-order valence-electron chi connectivity index (χ3n) is 8.86. The number of imidazole rings is 1. The van der Waals surface area contributed by atoms with Crippen molar-refractivity contribution in [2.75, 3.05) is 0 Å². The van der Waals surface area contributed by atoms with Gasteiger partial charge in [-0.25, -0.2) is 4.98 Å². The average molecular weight is 807 g/mol. The molecule has 48 heavy (non-hydrogen) atoms. The minimum Gasteiger partial charge on any atom is -0.503 e. The maximum atomic E-state index is 6.39. The smallest absolute Gasteiger partial charge is 0.503 e.